The van der Waals surface area contributed by atoms with Gasteiger partial charge in [0.25, 0.3) is 10.0 Å². The smallest absolute Gasteiger partial charge is 0.200 e. The summed E-state index contributed by atoms with van der Waals surface area (Å²) in [5, 5.41) is 4.47. The number of rotatable bonds is 8. The number of nitrogens with zero attached hydrogens (tertiary/aromatic N) is 1. The van der Waals surface area contributed by atoms with Crippen molar-refractivity contribution in [2.24, 2.45) is 22.9 Å². The van der Waals surface area contributed by atoms with E-state index in [4.69, 9.17) is 0 Å². The highest BCUT2D eigenvalue weighted by Gasteiger charge is 2.30. The van der Waals surface area contributed by atoms with Gasteiger partial charge in [-0.15, -0.1) is 0 Å². The van der Waals surface area contributed by atoms with Crippen LogP contribution < -0.4 is 4.83 Å². The molecule has 5 heteroatoms. The van der Waals surface area contributed by atoms with Crippen LogP contribution in [0.2, 0.25) is 0 Å². The number of benzene rings is 1. The summed E-state index contributed by atoms with van der Waals surface area (Å²) in [4.78, 5) is 3.09. The van der Waals surface area contributed by atoms with Crippen LogP contribution in [0.25, 0.3) is 0 Å². The Hall–Kier alpha value is -1.36. The minimum Gasteiger partial charge on any atom is -0.200 e. The summed E-state index contributed by atoms with van der Waals surface area (Å²) in [5.74, 6) is 3.00. The van der Waals surface area contributed by atoms with E-state index >= 15 is 0 Å². The lowest BCUT2D eigenvalue weighted by atomic mass is 9.70. The molecule has 2 aliphatic rings. The normalized spacial score (nSPS) is 21.4. The van der Waals surface area contributed by atoms with Crippen LogP contribution in [0.3, 0.4) is 0 Å². The number of nitrogens with one attached hydrogen (secondary N) is 1. The molecule has 4 nitrogen and oxygen atoms in total. The van der Waals surface area contributed by atoms with Crippen molar-refractivity contribution in [3.05, 3.63) is 28.8 Å². The average Bonchev–Trinajstić information content (AvgIpc) is 2.82. The molecule has 3 rings (SSSR count). The summed E-state index contributed by atoms with van der Waals surface area (Å²) in [6, 6.07) is 4.17. The van der Waals surface area contributed by atoms with Gasteiger partial charge in [0.1, 0.15) is 0 Å². The van der Waals surface area contributed by atoms with Crippen LogP contribution in [0.15, 0.2) is 22.1 Å². The van der Waals surface area contributed by atoms with E-state index in [9.17, 15) is 8.42 Å². The standard InChI is InChI=1S/C29H48N2O2S/c1-19(2)25-17-27(20(3)4)29(28(18-25)21(5)6)34(32,33)31-30-26-15-13-24(14-16-26)22(7)23-11-9-8-10-12-23/h17-24,31H,8-16H2,1-7H3. The van der Waals surface area contributed by atoms with Crippen molar-refractivity contribution in [1.82, 2.24) is 4.83 Å². The summed E-state index contributed by atoms with van der Waals surface area (Å²) < 4.78 is 27.1. The Kier molecular flexibility index (Phi) is 9.28. The Morgan fingerprint density at radius 1 is 0.765 bits per heavy atom. The molecule has 1 atom stereocenters. The third-order valence-corrected chi connectivity index (χ3v) is 9.76. The van der Waals surface area contributed by atoms with Crippen LogP contribution in [0.5, 0.6) is 0 Å². The molecule has 2 aliphatic carbocycles. The summed E-state index contributed by atoms with van der Waals surface area (Å²) in [7, 11) is -3.74. The number of hydrazone groups is 1. The lowest BCUT2D eigenvalue weighted by Gasteiger charge is -2.35. The van der Waals surface area contributed by atoms with Crippen molar-refractivity contribution in [3.8, 4) is 0 Å². The fraction of sp³-hybridized carbons (Fsp3) is 0.759. The fourth-order valence-electron chi connectivity index (χ4n) is 6.03. The monoisotopic (exact) mass is 488 g/mol. The zero-order valence-corrected chi connectivity index (χ0v) is 23.5. The Balaban J connectivity index is 1.76. The summed E-state index contributed by atoms with van der Waals surface area (Å²) in [6.45, 7) is 15.1. The van der Waals surface area contributed by atoms with E-state index < -0.39 is 10.0 Å². The first kappa shape index (κ1) is 27.2. The first-order chi connectivity index (χ1) is 16.0. The molecule has 2 fully saturated rings. The first-order valence-electron chi connectivity index (χ1n) is 13.8. The Bertz CT molecular complexity index is 917. The molecular formula is C29H48N2O2S. The minimum atomic E-state index is -3.74. The molecule has 0 saturated heterocycles. The van der Waals surface area contributed by atoms with Gasteiger partial charge >= 0.3 is 0 Å². The molecule has 1 unspecified atom stereocenters. The van der Waals surface area contributed by atoms with E-state index in [-0.39, 0.29) is 11.8 Å². The number of sulfonamides is 1. The summed E-state index contributed by atoms with van der Waals surface area (Å²) in [6.07, 6.45) is 11.1. The van der Waals surface area contributed by atoms with Crippen LogP contribution in [-0.4, -0.2) is 14.1 Å². The Labute approximate surface area is 209 Å². The van der Waals surface area contributed by atoms with Gasteiger partial charge in [0.2, 0.25) is 0 Å². The van der Waals surface area contributed by atoms with Gasteiger partial charge in [-0.1, -0.05) is 92.7 Å². The van der Waals surface area contributed by atoms with Gasteiger partial charge in [0.05, 0.1) is 4.90 Å². The van der Waals surface area contributed by atoms with Crippen LogP contribution in [0.1, 0.15) is 141 Å². The third kappa shape index (κ3) is 6.44. The highest BCUT2D eigenvalue weighted by atomic mass is 32.2. The molecule has 1 N–H and O–H groups in total. The zero-order valence-electron chi connectivity index (χ0n) is 22.7. The van der Waals surface area contributed by atoms with Crippen molar-refractivity contribution in [1.29, 1.82) is 0 Å². The molecule has 0 aliphatic heterocycles. The molecule has 1 aromatic carbocycles. The van der Waals surface area contributed by atoms with Crippen LogP contribution >= 0.6 is 0 Å². The molecule has 0 amide bonds. The molecule has 2 saturated carbocycles. The lowest BCUT2D eigenvalue weighted by Crippen LogP contribution is -2.28. The molecule has 0 radical (unpaired) electrons. The molecule has 34 heavy (non-hydrogen) atoms. The van der Waals surface area contributed by atoms with Gasteiger partial charge < -0.3 is 0 Å². The molecule has 0 spiro atoms. The molecule has 0 aromatic heterocycles. The van der Waals surface area contributed by atoms with Crippen molar-refractivity contribution in [3.63, 3.8) is 0 Å². The van der Waals surface area contributed by atoms with E-state index in [0.717, 1.165) is 60.3 Å². The number of hydrogen-bond acceptors (Lipinski definition) is 3. The average molecular weight is 489 g/mol. The largest absolute Gasteiger partial charge is 0.277 e. The van der Waals surface area contributed by atoms with Gasteiger partial charge in [-0.05, 0) is 77.9 Å². The predicted octanol–water partition coefficient (Wildman–Crippen LogP) is 8.10. The van der Waals surface area contributed by atoms with Crippen LogP contribution in [0, 0.1) is 17.8 Å². The van der Waals surface area contributed by atoms with E-state index in [1.807, 2.05) is 0 Å². The molecular weight excluding hydrogens is 440 g/mol. The molecule has 0 heterocycles. The predicted molar refractivity (Wildman–Crippen MR) is 144 cm³/mol. The second kappa shape index (κ2) is 11.6. The van der Waals surface area contributed by atoms with E-state index in [1.54, 1.807) is 0 Å². The highest BCUT2D eigenvalue weighted by molar-refractivity contribution is 7.89. The van der Waals surface area contributed by atoms with Gasteiger partial charge in [-0.2, -0.15) is 13.5 Å². The maximum absolute atomic E-state index is 13.6. The van der Waals surface area contributed by atoms with E-state index in [2.05, 4.69) is 70.5 Å². The summed E-state index contributed by atoms with van der Waals surface area (Å²) in [5.41, 5.74) is 4.00. The summed E-state index contributed by atoms with van der Waals surface area (Å²) >= 11 is 0. The van der Waals surface area contributed by atoms with Crippen LogP contribution in [-0.2, 0) is 10.0 Å². The number of hydrogen-bond donors (Lipinski definition) is 1. The minimum absolute atomic E-state index is 0.118. The first-order valence-corrected chi connectivity index (χ1v) is 15.2. The fourth-order valence-corrected chi connectivity index (χ4v) is 7.58. The second-order valence-electron chi connectivity index (χ2n) is 11.9. The maximum atomic E-state index is 13.6. The second-order valence-corrected chi connectivity index (χ2v) is 13.5. The van der Waals surface area contributed by atoms with Crippen molar-refractivity contribution >= 4 is 15.7 Å². The SMILES string of the molecule is CC(C)c1cc(C(C)C)c(S(=O)(=O)NN=C2CCC(C(C)C3CCCCC3)CC2)c(C(C)C)c1. The lowest BCUT2D eigenvalue weighted by molar-refractivity contribution is 0.176. The van der Waals surface area contributed by atoms with Crippen molar-refractivity contribution < 1.29 is 8.42 Å². The van der Waals surface area contributed by atoms with E-state index in [0.29, 0.717) is 10.8 Å². The Morgan fingerprint density at radius 2 is 1.26 bits per heavy atom. The maximum Gasteiger partial charge on any atom is 0.277 e. The van der Waals surface area contributed by atoms with E-state index in [1.165, 1.54) is 37.7 Å². The molecule has 1 aromatic rings. The Morgan fingerprint density at radius 3 is 1.74 bits per heavy atom. The third-order valence-electron chi connectivity index (χ3n) is 8.42. The van der Waals surface area contributed by atoms with Gasteiger partial charge in [-0.3, -0.25) is 0 Å². The highest BCUT2D eigenvalue weighted by Crippen LogP contribution is 2.39. The molecule has 0 bridgehead atoms. The zero-order chi connectivity index (χ0) is 25.0. The van der Waals surface area contributed by atoms with Gasteiger partial charge in [0.15, 0.2) is 0 Å². The van der Waals surface area contributed by atoms with Crippen molar-refractivity contribution in [2.75, 3.05) is 0 Å². The quantitative estimate of drug-likeness (QED) is 0.376. The van der Waals surface area contributed by atoms with Crippen LogP contribution in [0.4, 0.5) is 0 Å². The van der Waals surface area contributed by atoms with Gasteiger partial charge in [0, 0.05) is 5.71 Å². The van der Waals surface area contributed by atoms with Gasteiger partial charge in [-0.25, -0.2) is 4.83 Å². The topological polar surface area (TPSA) is 58.5 Å². The van der Waals surface area contributed by atoms with Crippen molar-refractivity contribution in [2.45, 2.75) is 129 Å². The molecule has 192 valence electrons.